The maximum Gasteiger partial charge on any atom is 0.312 e. The summed E-state index contributed by atoms with van der Waals surface area (Å²) >= 11 is 0. The van der Waals surface area contributed by atoms with Crippen molar-refractivity contribution in [2.24, 2.45) is 0 Å². The molecule has 2 aliphatic rings. The Labute approximate surface area is 126 Å². The van der Waals surface area contributed by atoms with Gasteiger partial charge in [0.2, 0.25) is 0 Å². The van der Waals surface area contributed by atoms with E-state index in [1.54, 1.807) is 0 Å². The van der Waals surface area contributed by atoms with Gasteiger partial charge in [-0.05, 0) is 31.4 Å². The van der Waals surface area contributed by atoms with E-state index in [0.29, 0.717) is 18.6 Å². The number of nitrogens with one attached hydrogen (secondary N) is 1. The highest BCUT2D eigenvalue weighted by molar-refractivity contribution is 5.76. The van der Waals surface area contributed by atoms with Crippen molar-refractivity contribution in [3.05, 3.63) is 35.9 Å². The number of nitrogens with zero attached hydrogens (tertiary/aromatic N) is 1. The van der Waals surface area contributed by atoms with Gasteiger partial charge >= 0.3 is 5.97 Å². The minimum atomic E-state index is -0.743. The highest BCUT2D eigenvalue weighted by Gasteiger charge is 2.35. The second-order valence-corrected chi connectivity index (χ2v) is 6.20. The van der Waals surface area contributed by atoms with Gasteiger partial charge in [-0.25, -0.2) is 0 Å². The van der Waals surface area contributed by atoms with Crippen LogP contribution in [0.4, 0.5) is 0 Å². The predicted molar refractivity (Wildman–Crippen MR) is 82.4 cm³/mol. The summed E-state index contributed by atoms with van der Waals surface area (Å²) in [6, 6.07) is 10.6. The van der Waals surface area contributed by atoms with Crippen LogP contribution in [0.3, 0.4) is 0 Å². The second-order valence-electron chi connectivity index (χ2n) is 6.20. The first-order valence-electron chi connectivity index (χ1n) is 8.01. The zero-order valence-electron chi connectivity index (χ0n) is 12.4. The van der Waals surface area contributed by atoms with Crippen molar-refractivity contribution in [1.29, 1.82) is 0 Å². The zero-order chi connectivity index (χ0) is 14.7. The lowest BCUT2D eigenvalue weighted by molar-refractivity contribution is -0.138. The molecule has 2 saturated heterocycles. The van der Waals surface area contributed by atoms with Crippen LogP contribution in [0, 0.1) is 0 Å². The third-order valence-corrected chi connectivity index (χ3v) is 4.94. The molecule has 1 aromatic carbocycles. The molecule has 1 aromatic rings. The predicted octanol–water partition coefficient (Wildman–Crippen LogP) is 2.07. The number of carboxylic acids is 1. The summed E-state index contributed by atoms with van der Waals surface area (Å²) in [5, 5.41) is 13.0. The molecule has 2 N–H and O–H groups in total. The van der Waals surface area contributed by atoms with Crippen LogP contribution in [0.1, 0.15) is 37.2 Å². The van der Waals surface area contributed by atoms with Gasteiger partial charge in [0.05, 0.1) is 5.92 Å². The van der Waals surface area contributed by atoms with E-state index >= 15 is 0 Å². The van der Waals surface area contributed by atoms with Crippen LogP contribution >= 0.6 is 0 Å². The first-order valence-corrected chi connectivity index (χ1v) is 8.01. The van der Waals surface area contributed by atoms with Gasteiger partial charge < -0.3 is 10.4 Å². The van der Waals surface area contributed by atoms with Gasteiger partial charge in [-0.2, -0.15) is 0 Å². The highest BCUT2D eigenvalue weighted by Crippen LogP contribution is 2.27. The molecule has 3 rings (SSSR count). The van der Waals surface area contributed by atoms with Crippen LogP contribution < -0.4 is 5.32 Å². The normalized spacial score (nSPS) is 27.2. The molecule has 2 heterocycles. The number of piperidine rings is 1. The van der Waals surface area contributed by atoms with Crippen molar-refractivity contribution < 1.29 is 9.90 Å². The summed E-state index contributed by atoms with van der Waals surface area (Å²) in [4.78, 5) is 14.1. The Hall–Kier alpha value is -1.39. The van der Waals surface area contributed by atoms with Gasteiger partial charge in [0.15, 0.2) is 0 Å². The lowest BCUT2D eigenvalue weighted by Gasteiger charge is -2.33. The molecule has 0 aromatic heterocycles. The highest BCUT2D eigenvalue weighted by atomic mass is 16.4. The number of rotatable bonds is 5. The molecule has 4 nitrogen and oxygen atoms in total. The van der Waals surface area contributed by atoms with Gasteiger partial charge in [0.25, 0.3) is 0 Å². The molecule has 0 radical (unpaired) electrons. The summed E-state index contributed by atoms with van der Waals surface area (Å²) in [6.45, 7) is 2.89. The molecule has 4 heteroatoms. The van der Waals surface area contributed by atoms with Gasteiger partial charge in [-0.15, -0.1) is 0 Å². The molecule has 0 spiro atoms. The number of benzene rings is 1. The Balaban J connectivity index is 1.61. The van der Waals surface area contributed by atoms with Crippen LogP contribution in [0.25, 0.3) is 0 Å². The van der Waals surface area contributed by atoms with Crippen LogP contribution in [0.15, 0.2) is 30.3 Å². The molecular weight excluding hydrogens is 264 g/mol. The summed E-state index contributed by atoms with van der Waals surface area (Å²) in [5.41, 5.74) is 0.885. The molecule has 0 aliphatic carbocycles. The Kier molecular flexibility index (Phi) is 4.56. The molecule has 0 saturated carbocycles. The number of hydrogen-bond acceptors (Lipinski definition) is 3. The Bertz CT molecular complexity index is 477. The minimum absolute atomic E-state index is 0.455. The van der Waals surface area contributed by atoms with E-state index in [1.807, 2.05) is 30.3 Å². The summed E-state index contributed by atoms with van der Waals surface area (Å²) in [6.07, 6.45) is 5.01. The van der Waals surface area contributed by atoms with Crippen LogP contribution in [0.2, 0.25) is 0 Å². The number of aliphatic carboxylic acids is 1. The van der Waals surface area contributed by atoms with Crippen molar-refractivity contribution in [3.8, 4) is 0 Å². The fourth-order valence-corrected chi connectivity index (χ4v) is 3.79. The third kappa shape index (κ3) is 3.27. The fraction of sp³-hybridized carbons (Fsp3) is 0.588. The zero-order valence-corrected chi connectivity index (χ0v) is 12.4. The van der Waals surface area contributed by atoms with Crippen molar-refractivity contribution in [2.45, 2.75) is 43.7 Å². The lowest BCUT2D eigenvalue weighted by atomic mass is 9.96. The number of carboxylic acid groups (broad SMARTS) is 1. The van der Waals surface area contributed by atoms with E-state index in [0.717, 1.165) is 18.5 Å². The molecule has 21 heavy (non-hydrogen) atoms. The molecule has 0 bridgehead atoms. The Morgan fingerprint density at radius 3 is 2.81 bits per heavy atom. The fourth-order valence-electron chi connectivity index (χ4n) is 3.79. The van der Waals surface area contributed by atoms with Crippen LogP contribution in [-0.2, 0) is 4.79 Å². The average Bonchev–Trinajstić information content (AvgIpc) is 2.92. The standard InChI is InChI=1S/C17H24N2O2/c20-17(21)14(13-6-2-1-3-7-13)12-18-15-9-11-19-10-5-4-8-16(15)19/h1-3,6-7,14-16,18H,4-5,8-12H2,(H,20,21). The summed E-state index contributed by atoms with van der Waals surface area (Å²) in [7, 11) is 0. The maximum atomic E-state index is 11.5. The minimum Gasteiger partial charge on any atom is -0.481 e. The Morgan fingerprint density at radius 1 is 1.24 bits per heavy atom. The molecular formula is C17H24N2O2. The third-order valence-electron chi connectivity index (χ3n) is 4.94. The molecule has 3 unspecified atom stereocenters. The lowest BCUT2D eigenvalue weighted by Crippen LogP contribution is -2.46. The monoisotopic (exact) mass is 288 g/mol. The summed E-state index contributed by atoms with van der Waals surface area (Å²) in [5.74, 6) is -1.20. The molecule has 2 aliphatic heterocycles. The van der Waals surface area contributed by atoms with Crippen molar-refractivity contribution >= 4 is 5.97 Å². The van der Waals surface area contributed by atoms with Gasteiger partial charge in [-0.3, -0.25) is 9.69 Å². The SMILES string of the molecule is O=C(O)C(CNC1CCN2CCCCC12)c1ccccc1. The molecule has 2 fully saturated rings. The smallest absolute Gasteiger partial charge is 0.312 e. The maximum absolute atomic E-state index is 11.5. The molecule has 114 valence electrons. The first kappa shape index (κ1) is 14.5. The summed E-state index contributed by atoms with van der Waals surface area (Å²) < 4.78 is 0. The van der Waals surface area contributed by atoms with Crippen LogP contribution in [0.5, 0.6) is 0 Å². The van der Waals surface area contributed by atoms with E-state index in [1.165, 1.54) is 25.8 Å². The van der Waals surface area contributed by atoms with E-state index in [-0.39, 0.29) is 0 Å². The van der Waals surface area contributed by atoms with Gasteiger partial charge in [0.1, 0.15) is 0 Å². The first-order chi connectivity index (χ1) is 10.3. The molecule has 0 amide bonds. The van der Waals surface area contributed by atoms with E-state index in [4.69, 9.17) is 0 Å². The van der Waals surface area contributed by atoms with E-state index in [2.05, 4.69) is 10.2 Å². The number of carbonyl (C=O) groups is 1. The molecule has 3 atom stereocenters. The quantitative estimate of drug-likeness (QED) is 0.871. The Morgan fingerprint density at radius 2 is 2.05 bits per heavy atom. The van der Waals surface area contributed by atoms with E-state index < -0.39 is 11.9 Å². The second kappa shape index (κ2) is 6.58. The largest absolute Gasteiger partial charge is 0.481 e. The van der Waals surface area contributed by atoms with E-state index in [9.17, 15) is 9.90 Å². The topological polar surface area (TPSA) is 52.6 Å². The van der Waals surface area contributed by atoms with Crippen molar-refractivity contribution in [3.63, 3.8) is 0 Å². The van der Waals surface area contributed by atoms with Crippen LogP contribution in [-0.4, -0.2) is 47.7 Å². The average molecular weight is 288 g/mol. The van der Waals surface area contributed by atoms with Crippen molar-refractivity contribution in [1.82, 2.24) is 10.2 Å². The number of fused-ring (bicyclic) bond motifs is 1. The number of hydrogen-bond donors (Lipinski definition) is 2. The van der Waals surface area contributed by atoms with Gasteiger partial charge in [-0.1, -0.05) is 36.8 Å². The van der Waals surface area contributed by atoms with Crippen molar-refractivity contribution in [2.75, 3.05) is 19.6 Å². The van der Waals surface area contributed by atoms with Gasteiger partial charge in [0, 0.05) is 25.2 Å².